The number of aromatic nitrogens is 5. The van der Waals surface area contributed by atoms with Crippen molar-refractivity contribution in [3.63, 3.8) is 0 Å². The first-order chi connectivity index (χ1) is 16.2. The first-order valence-corrected chi connectivity index (χ1v) is 10.9. The lowest BCUT2D eigenvalue weighted by molar-refractivity contribution is 0.298. The Hall–Kier alpha value is -3.82. The van der Waals surface area contributed by atoms with Crippen molar-refractivity contribution in [2.24, 2.45) is 0 Å². The third kappa shape index (κ3) is 4.04. The van der Waals surface area contributed by atoms with Crippen LogP contribution in [0.4, 0.5) is 11.6 Å². The van der Waals surface area contributed by atoms with Crippen molar-refractivity contribution in [1.29, 1.82) is 0 Å². The Bertz CT molecular complexity index is 1390. The smallest absolute Gasteiger partial charge is 0.278 e. The lowest BCUT2D eigenvalue weighted by Crippen LogP contribution is -2.23. The monoisotopic (exact) mass is 443 g/mol. The molecule has 3 N–H and O–H groups in total. The SMILES string of the molecule is C=CCn1c(=O)c2cnc(Nc3ccc4c(c3)CCNC4)nc2n1-c1cccc(CCO)n1. The molecule has 0 amide bonds. The molecule has 0 radical (unpaired) electrons. The number of nitrogens with zero attached hydrogens (tertiary/aromatic N) is 5. The van der Waals surface area contributed by atoms with Crippen LogP contribution in [0.25, 0.3) is 16.9 Å². The van der Waals surface area contributed by atoms with E-state index in [4.69, 9.17) is 0 Å². The van der Waals surface area contributed by atoms with Gasteiger partial charge in [-0.1, -0.05) is 18.2 Å². The minimum absolute atomic E-state index is 0.00454. The van der Waals surface area contributed by atoms with Gasteiger partial charge in [-0.25, -0.2) is 19.3 Å². The Balaban J connectivity index is 1.59. The average Bonchev–Trinajstić information content (AvgIpc) is 3.10. The van der Waals surface area contributed by atoms with E-state index in [0.717, 1.165) is 30.9 Å². The van der Waals surface area contributed by atoms with E-state index in [1.807, 2.05) is 24.3 Å². The maximum absolute atomic E-state index is 13.1. The molecule has 9 heteroatoms. The van der Waals surface area contributed by atoms with Crippen molar-refractivity contribution in [3.05, 3.63) is 82.4 Å². The fraction of sp³-hybridized carbons (Fsp3) is 0.250. The van der Waals surface area contributed by atoms with Gasteiger partial charge in [0.05, 0.1) is 6.54 Å². The number of aliphatic hydroxyl groups excluding tert-OH is 1. The number of anilines is 2. The van der Waals surface area contributed by atoms with Gasteiger partial charge >= 0.3 is 0 Å². The molecular weight excluding hydrogens is 418 g/mol. The zero-order chi connectivity index (χ0) is 22.8. The quantitative estimate of drug-likeness (QED) is 0.375. The Kier molecular flexibility index (Phi) is 5.72. The number of hydrogen-bond donors (Lipinski definition) is 3. The summed E-state index contributed by atoms with van der Waals surface area (Å²) in [6, 6.07) is 11.7. The standard InChI is InChI=1S/C24H25N7O2/c1-2-11-30-23(33)20-15-26-24(28-19-7-6-17-14-25-10-8-16(17)13-19)29-22(20)31(30)21-5-3-4-18(27-21)9-12-32/h2-7,13,15,25,32H,1,8-12,14H2,(H,26,28,29). The normalized spacial score (nSPS) is 13.1. The third-order valence-corrected chi connectivity index (χ3v) is 5.70. The van der Waals surface area contributed by atoms with Crippen molar-refractivity contribution in [2.75, 3.05) is 18.5 Å². The molecule has 1 aromatic carbocycles. The van der Waals surface area contributed by atoms with E-state index in [0.29, 0.717) is 35.8 Å². The van der Waals surface area contributed by atoms with Crippen molar-refractivity contribution >= 4 is 22.7 Å². The number of hydrogen-bond acceptors (Lipinski definition) is 7. The minimum atomic E-state index is -0.216. The molecule has 1 aliphatic rings. The van der Waals surface area contributed by atoms with Crippen molar-refractivity contribution < 1.29 is 5.11 Å². The Morgan fingerprint density at radius 2 is 2.12 bits per heavy atom. The van der Waals surface area contributed by atoms with E-state index in [-0.39, 0.29) is 12.2 Å². The molecule has 9 nitrogen and oxygen atoms in total. The van der Waals surface area contributed by atoms with Crippen LogP contribution in [0.15, 0.2) is 60.0 Å². The van der Waals surface area contributed by atoms with E-state index in [1.54, 1.807) is 17.0 Å². The molecule has 0 saturated carbocycles. The highest BCUT2D eigenvalue weighted by molar-refractivity contribution is 5.77. The first kappa shape index (κ1) is 21.0. The van der Waals surface area contributed by atoms with Crippen molar-refractivity contribution in [1.82, 2.24) is 29.6 Å². The molecule has 0 aliphatic carbocycles. The second-order valence-corrected chi connectivity index (χ2v) is 7.91. The van der Waals surface area contributed by atoms with Gasteiger partial charge < -0.3 is 15.7 Å². The van der Waals surface area contributed by atoms with Gasteiger partial charge in [0.2, 0.25) is 5.95 Å². The van der Waals surface area contributed by atoms with Crippen LogP contribution in [0.5, 0.6) is 0 Å². The second kappa shape index (κ2) is 8.97. The zero-order valence-electron chi connectivity index (χ0n) is 18.2. The lowest BCUT2D eigenvalue weighted by Gasteiger charge is -2.18. The largest absolute Gasteiger partial charge is 0.396 e. The summed E-state index contributed by atoms with van der Waals surface area (Å²) in [6.45, 7) is 5.91. The summed E-state index contributed by atoms with van der Waals surface area (Å²) in [7, 11) is 0. The molecule has 0 fully saturated rings. The second-order valence-electron chi connectivity index (χ2n) is 7.91. The average molecular weight is 444 g/mol. The molecule has 33 heavy (non-hydrogen) atoms. The van der Waals surface area contributed by atoms with Crippen LogP contribution in [-0.4, -0.2) is 42.6 Å². The molecule has 3 aromatic heterocycles. The van der Waals surface area contributed by atoms with Gasteiger partial charge in [-0.2, -0.15) is 4.98 Å². The van der Waals surface area contributed by atoms with Gasteiger partial charge in [-0.05, 0) is 48.4 Å². The van der Waals surface area contributed by atoms with Crippen LogP contribution >= 0.6 is 0 Å². The highest BCUT2D eigenvalue weighted by Gasteiger charge is 2.18. The lowest BCUT2D eigenvalue weighted by atomic mass is 10.0. The van der Waals surface area contributed by atoms with Crippen LogP contribution in [0.3, 0.4) is 0 Å². The van der Waals surface area contributed by atoms with Gasteiger partial charge in [0, 0.05) is 37.2 Å². The Morgan fingerprint density at radius 1 is 1.21 bits per heavy atom. The molecule has 168 valence electrons. The molecule has 0 saturated heterocycles. The minimum Gasteiger partial charge on any atom is -0.396 e. The molecule has 0 bridgehead atoms. The van der Waals surface area contributed by atoms with Gasteiger partial charge in [-0.3, -0.25) is 4.79 Å². The maximum atomic E-state index is 13.1. The Labute approximate surface area is 190 Å². The zero-order valence-corrected chi connectivity index (χ0v) is 18.2. The fourth-order valence-electron chi connectivity index (χ4n) is 4.13. The van der Waals surface area contributed by atoms with Crippen LogP contribution in [0, 0.1) is 0 Å². The van der Waals surface area contributed by atoms with Crippen LogP contribution in [-0.2, 0) is 25.9 Å². The number of fused-ring (bicyclic) bond motifs is 2. The predicted molar refractivity (Wildman–Crippen MR) is 127 cm³/mol. The number of nitrogens with one attached hydrogen (secondary N) is 2. The van der Waals surface area contributed by atoms with E-state index >= 15 is 0 Å². The highest BCUT2D eigenvalue weighted by atomic mass is 16.3. The van der Waals surface area contributed by atoms with Gasteiger partial charge in [0.1, 0.15) is 5.39 Å². The molecular formula is C24H25N7O2. The van der Waals surface area contributed by atoms with Gasteiger partial charge in [-0.15, -0.1) is 6.58 Å². The summed E-state index contributed by atoms with van der Waals surface area (Å²) in [5.41, 5.74) is 4.47. The van der Waals surface area contributed by atoms with E-state index in [2.05, 4.69) is 44.3 Å². The highest BCUT2D eigenvalue weighted by Crippen LogP contribution is 2.22. The van der Waals surface area contributed by atoms with Crippen LogP contribution in [0.1, 0.15) is 16.8 Å². The molecule has 4 aromatic rings. The number of benzene rings is 1. The number of pyridine rings is 1. The number of rotatable bonds is 7. The Morgan fingerprint density at radius 3 is 2.97 bits per heavy atom. The third-order valence-electron chi connectivity index (χ3n) is 5.70. The summed E-state index contributed by atoms with van der Waals surface area (Å²) in [5, 5.41) is 16.3. The van der Waals surface area contributed by atoms with E-state index < -0.39 is 0 Å². The molecule has 0 unspecified atom stereocenters. The molecule has 4 heterocycles. The molecule has 0 spiro atoms. The molecule has 5 rings (SSSR count). The van der Waals surface area contributed by atoms with Crippen molar-refractivity contribution in [3.8, 4) is 5.82 Å². The van der Waals surface area contributed by atoms with Crippen LogP contribution in [0.2, 0.25) is 0 Å². The number of aliphatic hydroxyl groups is 1. The van der Waals surface area contributed by atoms with Gasteiger partial charge in [0.25, 0.3) is 5.56 Å². The predicted octanol–water partition coefficient (Wildman–Crippen LogP) is 2.09. The van der Waals surface area contributed by atoms with E-state index in [9.17, 15) is 9.90 Å². The summed E-state index contributed by atoms with van der Waals surface area (Å²) < 4.78 is 3.22. The molecule has 0 atom stereocenters. The fourth-order valence-corrected chi connectivity index (χ4v) is 4.13. The topological polar surface area (TPSA) is 110 Å². The van der Waals surface area contributed by atoms with Gasteiger partial charge in [0.15, 0.2) is 11.5 Å². The summed E-state index contributed by atoms with van der Waals surface area (Å²) in [4.78, 5) is 26.8. The van der Waals surface area contributed by atoms with Crippen LogP contribution < -0.4 is 16.2 Å². The number of allylic oxidation sites excluding steroid dienone is 1. The van der Waals surface area contributed by atoms with Crippen molar-refractivity contribution in [2.45, 2.75) is 25.9 Å². The summed E-state index contributed by atoms with van der Waals surface area (Å²) in [6.07, 6.45) is 4.60. The maximum Gasteiger partial charge on any atom is 0.278 e. The first-order valence-electron chi connectivity index (χ1n) is 10.9. The molecule has 1 aliphatic heterocycles. The summed E-state index contributed by atoms with van der Waals surface area (Å²) >= 11 is 0. The van der Waals surface area contributed by atoms with E-state index in [1.165, 1.54) is 15.8 Å². The summed E-state index contributed by atoms with van der Waals surface area (Å²) in [5.74, 6) is 0.938.